The lowest BCUT2D eigenvalue weighted by atomic mass is 10.2. The van der Waals surface area contributed by atoms with Crippen LogP contribution in [0, 0.1) is 0 Å². The summed E-state index contributed by atoms with van der Waals surface area (Å²) in [5, 5.41) is 3.44. The fourth-order valence-electron chi connectivity index (χ4n) is 2.56. The van der Waals surface area contributed by atoms with Crippen LogP contribution >= 0.6 is 24.0 Å². The first-order chi connectivity index (χ1) is 11.8. The maximum atomic E-state index is 6.12. The maximum Gasteiger partial charge on any atom is 0.226 e. The molecule has 0 atom stereocenters. The Labute approximate surface area is 156 Å². The molecule has 0 saturated carbocycles. The molecule has 0 radical (unpaired) electrons. The molecule has 4 aromatic rings. The molecule has 0 bridgehead atoms. The highest BCUT2D eigenvalue weighted by molar-refractivity contribution is 6.28. The van der Waals surface area contributed by atoms with Crippen molar-refractivity contribution in [3.63, 3.8) is 0 Å². The van der Waals surface area contributed by atoms with Crippen molar-refractivity contribution >= 4 is 46.7 Å². The Hall–Kier alpha value is -2.63. The van der Waals surface area contributed by atoms with Crippen LogP contribution in [0.1, 0.15) is 5.56 Å². The number of hydrogen-bond acceptors (Lipinski definition) is 4. The fourth-order valence-corrected chi connectivity index (χ4v) is 2.72. The average Bonchev–Trinajstić information content (AvgIpc) is 3.00. The molecule has 5 nitrogen and oxygen atoms in total. The lowest BCUT2D eigenvalue weighted by Crippen LogP contribution is -2.01. The minimum Gasteiger partial charge on any atom is -0.338 e. The van der Waals surface area contributed by atoms with Crippen LogP contribution in [0.2, 0.25) is 5.28 Å². The van der Waals surface area contributed by atoms with Crippen molar-refractivity contribution in [2.45, 2.75) is 6.54 Å². The molecule has 2 aromatic heterocycles. The van der Waals surface area contributed by atoms with E-state index >= 15 is 0 Å². The van der Waals surface area contributed by atoms with Gasteiger partial charge in [-0.3, -0.25) is 0 Å². The van der Waals surface area contributed by atoms with Crippen molar-refractivity contribution in [3.05, 3.63) is 77.8 Å². The minimum absolute atomic E-state index is 0. The van der Waals surface area contributed by atoms with Crippen molar-refractivity contribution in [1.29, 1.82) is 0 Å². The molecule has 4 rings (SSSR count). The third-order valence-corrected chi connectivity index (χ3v) is 3.84. The number of nitrogens with zero attached hydrogens (tertiary/aromatic N) is 4. The summed E-state index contributed by atoms with van der Waals surface area (Å²) in [6, 6.07) is 19.9. The van der Waals surface area contributed by atoms with Crippen molar-refractivity contribution in [3.8, 4) is 0 Å². The van der Waals surface area contributed by atoms with Crippen molar-refractivity contribution < 1.29 is 0 Å². The summed E-state index contributed by atoms with van der Waals surface area (Å²) in [4.78, 5) is 13.1. The molecule has 1 N–H and O–H groups in total. The summed E-state index contributed by atoms with van der Waals surface area (Å²) in [6.45, 7) is 0.676. The van der Waals surface area contributed by atoms with E-state index in [0.29, 0.717) is 23.5 Å². The molecule has 0 unspecified atom stereocenters. The second-order valence-corrected chi connectivity index (χ2v) is 5.70. The Bertz CT molecular complexity index is 971. The SMILES string of the molecule is Cl.Clc1nc(Nc2ccccc2)c2ncn(Cc3ccccc3)c2n1. The fraction of sp³-hybridized carbons (Fsp3) is 0.0556. The molecule has 2 heterocycles. The highest BCUT2D eigenvalue weighted by Gasteiger charge is 2.13. The standard InChI is InChI=1S/C18H14ClN5.ClH/c19-18-22-16(21-14-9-5-2-6-10-14)15-17(23-18)24(12-20-15)11-13-7-3-1-4-8-13;/h1-10,12H,11H2,(H,21,22,23);1H. The monoisotopic (exact) mass is 371 g/mol. The zero-order valence-corrected chi connectivity index (χ0v) is 14.7. The summed E-state index contributed by atoms with van der Waals surface area (Å²) in [5.74, 6) is 0.600. The van der Waals surface area contributed by atoms with Gasteiger partial charge in [0.25, 0.3) is 0 Å². The first kappa shape index (κ1) is 17.2. The predicted octanol–water partition coefficient (Wildman–Crippen LogP) is 4.69. The van der Waals surface area contributed by atoms with E-state index in [0.717, 1.165) is 5.69 Å². The molecular formula is C18H15Cl2N5. The van der Waals surface area contributed by atoms with Crippen LogP contribution in [0.25, 0.3) is 11.2 Å². The summed E-state index contributed by atoms with van der Waals surface area (Å²) in [7, 11) is 0. The van der Waals surface area contributed by atoms with Gasteiger partial charge in [0.2, 0.25) is 5.28 Å². The Balaban J connectivity index is 0.00000182. The Kier molecular flexibility index (Phi) is 5.16. The first-order valence-electron chi connectivity index (χ1n) is 7.54. The van der Waals surface area contributed by atoms with E-state index in [4.69, 9.17) is 11.6 Å². The van der Waals surface area contributed by atoms with Gasteiger partial charge in [-0.15, -0.1) is 12.4 Å². The van der Waals surface area contributed by atoms with Gasteiger partial charge in [0.05, 0.1) is 12.9 Å². The van der Waals surface area contributed by atoms with Crippen LogP contribution < -0.4 is 5.32 Å². The maximum absolute atomic E-state index is 6.12. The zero-order valence-electron chi connectivity index (χ0n) is 13.1. The van der Waals surface area contributed by atoms with E-state index in [1.165, 1.54) is 5.56 Å². The predicted molar refractivity (Wildman–Crippen MR) is 103 cm³/mol. The quantitative estimate of drug-likeness (QED) is 0.528. The summed E-state index contributed by atoms with van der Waals surface area (Å²) in [6.07, 6.45) is 1.76. The zero-order chi connectivity index (χ0) is 16.4. The van der Waals surface area contributed by atoms with Crippen molar-refractivity contribution in [1.82, 2.24) is 19.5 Å². The highest BCUT2D eigenvalue weighted by atomic mass is 35.5. The van der Waals surface area contributed by atoms with E-state index in [9.17, 15) is 0 Å². The third kappa shape index (κ3) is 3.73. The molecular weight excluding hydrogens is 357 g/mol. The topological polar surface area (TPSA) is 55.6 Å². The van der Waals surface area contributed by atoms with Gasteiger partial charge < -0.3 is 9.88 Å². The number of para-hydroxylation sites is 1. The number of fused-ring (bicyclic) bond motifs is 1. The number of nitrogens with one attached hydrogen (secondary N) is 1. The molecule has 0 spiro atoms. The van der Waals surface area contributed by atoms with Crippen LogP contribution in [0.15, 0.2) is 67.0 Å². The Morgan fingerprint density at radius 3 is 2.32 bits per heavy atom. The van der Waals surface area contributed by atoms with Gasteiger partial charge in [-0.1, -0.05) is 48.5 Å². The normalized spacial score (nSPS) is 10.4. The van der Waals surface area contributed by atoms with Gasteiger partial charge in [-0.2, -0.15) is 9.97 Å². The molecule has 126 valence electrons. The third-order valence-electron chi connectivity index (χ3n) is 3.67. The van der Waals surface area contributed by atoms with Gasteiger partial charge in [0, 0.05) is 5.69 Å². The van der Waals surface area contributed by atoms with Gasteiger partial charge in [-0.25, -0.2) is 4.98 Å². The lowest BCUT2D eigenvalue weighted by molar-refractivity contribution is 0.813. The van der Waals surface area contributed by atoms with Crippen LogP contribution in [0.3, 0.4) is 0 Å². The molecule has 2 aromatic carbocycles. The van der Waals surface area contributed by atoms with Crippen LogP contribution in [-0.4, -0.2) is 19.5 Å². The number of benzene rings is 2. The minimum atomic E-state index is 0. The van der Waals surface area contributed by atoms with Crippen LogP contribution in [-0.2, 0) is 6.54 Å². The van der Waals surface area contributed by atoms with Gasteiger partial charge in [-0.05, 0) is 29.3 Å². The second kappa shape index (κ2) is 7.51. The lowest BCUT2D eigenvalue weighted by Gasteiger charge is -2.07. The number of imidazole rings is 1. The van der Waals surface area contributed by atoms with E-state index in [2.05, 4.69) is 32.4 Å². The molecule has 0 aliphatic carbocycles. The molecule has 7 heteroatoms. The Morgan fingerprint density at radius 1 is 0.920 bits per heavy atom. The van der Waals surface area contributed by atoms with E-state index in [1.54, 1.807) is 6.33 Å². The summed E-state index contributed by atoms with van der Waals surface area (Å²) in [5.41, 5.74) is 3.49. The number of anilines is 2. The summed E-state index contributed by atoms with van der Waals surface area (Å²) >= 11 is 6.12. The highest BCUT2D eigenvalue weighted by Crippen LogP contribution is 2.24. The van der Waals surface area contributed by atoms with Gasteiger partial charge >= 0.3 is 0 Å². The van der Waals surface area contributed by atoms with Crippen molar-refractivity contribution in [2.24, 2.45) is 0 Å². The molecule has 0 fully saturated rings. The second-order valence-electron chi connectivity index (χ2n) is 5.36. The van der Waals surface area contributed by atoms with E-state index in [1.807, 2.05) is 53.1 Å². The van der Waals surface area contributed by atoms with Crippen LogP contribution in [0.5, 0.6) is 0 Å². The number of hydrogen-bond donors (Lipinski definition) is 1. The molecule has 0 aliphatic rings. The number of rotatable bonds is 4. The number of aromatic nitrogens is 4. The van der Waals surface area contributed by atoms with Crippen molar-refractivity contribution in [2.75, 3.05) is 5.32 Å². The largest absolute Gasteiger partial charge is 0.338 e. The number of halogens is 2. The summed E-state index contributed by atoms with van der Waals surface area (Å²) < 4.78 is 1.97. The molecule has 0 saturated heterocycles. The van der Waals surface area contributed by atoms with Gasteiger partial charge in [0.15, 0.2) is 17.0 Å². The first-order valence-corrected chi connectivity index (χ1v) is 7.92. The molecule has 0 aliphatic heterocycles. The molecule has 25 heavy (non-hydrogen) atoms. The Morgan fingerprint density at radius 2 is 1.60 bits per heavy atom. The van der Waals surface area contributed by atoms with Crippen LogP contribution in [0.4, 0.5) is 11.5 Å². The van der Waals surface area contributed by atoms with E-state index in [-0.39, 0.29) is 17.7 Å². The van der Waals surface area contributed by atoms with E-state index < -0.39 is 0 Å². The van der Waals surface area contributed by atoms with Gasteiger partial charge in [0.1, 0.15) is 0 Å². The molecule has 0 amide bonds. The smallest absolute Gasteiger partial charge is 0.226 e. The average molecular weight is 372 g/mol.